The summed E-state index contributed by atoms with van der Waals surface area (Å²) < 4.78 is 25.2. The van der Waals surface area contributed by atoms with E-state index in [0.29, 0.717) is 16.2 Å². The molecule has 0 N–H and O–H groups in total. The molecule has 0 atom stereocenters. The van der Waals surface area contributed by atoms with Crippen molar-refractivity contribution >= 4 is 16.2 Å². The summed E-state index contributed by atoms with van der Waals surface area (Å²) in [6.45, 7) is 0. The van der Waals surface area contributed by atoms with E-state index in [2.05, 4.69) is 0 Å². The number of hydrogen-bond acceptors (Lipinski definition) is 3. The summed E-state index contributed by atoms with van der Waals surface area (Å²) in [5.74, 6) is 0. The molecule has 0 aromatic carbocycles. The molecule has 0 radical (unpaired) electrons. The molecule has 0 rings (SSSR count). The molecular formula is HAlO3V. The van der Waals surface area contributed by atoms with E-state index in [9.17, 15) is 0 Å². The van der Waals surface area contributed by atoms with Crippen LogP contribution in [0.1, 0.15) is 0 Å². The van der Waals surface area contributed by atoms with E-state index in [0.717, 1.165) is 0 Å². The second-order valence-corrected chi connectivity index (χ2v) is 0.307. The molecule has 0 saturated carbocycles. The maximum absolute atomic E-state index is 8.47. The summed E-state index contributed by atoms with van der Waals surface area (Å²) in [4.78, 5) is 0. The van der Waals surface area contributed by atoms with Gasteiger partial charge in [0.15, 0.2) is 0 Å². The van der Waals surface area contributed by atoms with E-state index in [1.165, 1.54) is 0 Å². The predicted octanol–water partition coefficient (Wildman–Crippen LogP) is -1.01. The van der Waals surface area contributed by atoms with Gasteiger partial charge in [-0.2, -0.15) is 0 Å². The third-order valence-electron chi connectivity index (χ3n) is 0. The van der Waals surface area contributed by atoms with Crippen LogP contribution in [-0.2, 0) is 27.3 Å². The molecule has 0 aliphatic carbocycles. The summed E-state index contributed by atoms with van der Waals surface area (Å²) in [5.41, 5.74) is 0. The Balaban J connectivity index is 0. The fraction of sp³-hybridized carbons (Fsp3) is 0. The van der Waals surface area contributed by atoms with Crippen molar-refractivity contribution in [2.24, 2.45) is 0 Å². The first-order chi connectivity index (χ1) is 2.41. The molecule has 5 heavy (non-hydrogen) atoms. The Morgan fingerprint density at radius 2 is 1.20 bits per heavy atom. The molecule has 3 nitrogen and oxygen atoms in total. The normalized spacial score (nSPS) is 2.20. The summed E-state index contributed by atoms with van der Waals surface area (Å²) >= 11 is -1.20. The van der Waals surface area contributed by atoms with Crippen LogP contribution in [0.25, 0.3) is 0 Å². The molecule has 0 bridgehead atoms. The van der Waals surface area contributed by atoms with E-state index >= 15 is 0 Å². The predicted molar refractivity (Wildman–Crippen MR) is 9.21 cm³/mol. The van der Waals surface area contributed by atoms with E-state index in [1.807, 2.05) is 0 Å². The molecular weight excluding hydrogens is 126 g/mol. The molecule has 0 saturated heterocycles. The van der Waals surface area contributed by atoms with Gasteiger partial charge in [-0.25, -0.2) is 0 Å². The van der Waals surface area contributed by atoms with E-state index in [-0.39, 0.29) is 0 Å². The van der Waals surface area contributed by atoms with E-state index in [1.54, 1.807) is 0 Å². The van der Waals surface area contributed by atoms with Crippen LogP contribution in [0.4, 0.5) is 0 Å². The van der Waals surface area contributed by atoms with Crippen LogP contribution in [0.5, 0.6) is 0 Å². The van der Waals surface area contributed by atoms with Crippen molar-refractivity contribution in [3.63, 3.8) is 0 Å². The third-order valence-corrected chi connectivity index (χ3v) is 0. The third kappa shape index (κ3) is 107. The second kappa shape index (κ2) is 24.3. The minimum absolute atomic E-state index is 0.611. The standard InChI is InChI=1S/Al.3O.V.H. The maximum atomic E-state index is 8.47. The SMILES string of the molecule is [O]=[AlH].[O]=[V]=[O]. The van der Waals surface area contributed by atoms with Crippen LogP contribution in [0, 0.1) is 0 Å². The molecule has 5 heteroatoms. The van der Waals surface area contributed by atoms with Gasteiger partial charge in [0.2, 0.25) is 0 Å². The van der Waals surface area contributed by atoms with Gasteiger partial charge in [0, 0.05) is 0 Å². The second-order valence-electron chi connectivity index (χ2n) is 0.0745. The van der Waals surface area contributed by atoms with Gasteiger partial charge in [0.25, 0.3) is 0 Å². The van der Waals surface area contributed by atoms with Crippen molar-refractivity contribution in [1.82, 2.24) is 0 Å². The summed E-state index contributed by atoms with van der Waals surface area (Å²) in [5, 5.41) is 0. The zero-order valence-electron chi connectivity index (χ0n) is 2.38. The quantitative estimate of drug-likeness (QED) is 0.392. The van der Waals surface area contributed by atoms with Gasteiger partial charge in [0.1, 0.15) is 0 Å². The van der Waals surface area contributed by atoms with Crippen molar-refractivity contribution in [2.75, 3.05) is 0 Å². The minimum atomic E-state index is -1.81. The van der Waals surface area contributed by atoms with Crippen LogP contribution in [0.3, 0.4) is 0 Å². The summed E-state index contributed by atoms with van der Waals surface area (Å²) in [6.07, 6.45) is 0. The van der Waals surface area contributed by atoms with Crippen molar-refractivity contribution in [3.8, 4) is 0 Å². The molecule has 0 unspecified atom stereocenters. The van der Waals surface area contributed by atoms with Gasteiger partial charge in [-0.15, -0.1) is 0 Å². The van der Waals surface area contributed by atoms with Gasteiger partial charge < -0.3 is 0 Å². The van der Waals surface area contributed by atoms with Gasteiger partial charge in [0.05, 0.1) is 0 Å². The zero-order chi connectivity index (χ0) is 4.71. The molecule has 0 aliphatic rings. The molecule has 0 aromatic heterocycles. The van der Waals surface area contributed by atoms with Crippen LogP contribution in [0.15, 0.2) is 0 Å². The molecule has 0 heterocycles. The molecule has 0 aromatic rings. The average molecular weight is 127 g/mol. The van der Waals surface area contributed by atoms with E-state index < -0.39 is 16.2 Å². The zero-order valence-corrected chi connectivity index (χ0v) is 5.19. The first kappa shape index (κ1) is 9.10. The van der Waals surface area contributed by atoms with Gasteiger partial charge in [-0.1, -0.05) is 0 Å². The Labute approximate surface area is 43.9 Å². The summed E-state index contributed by atoms with van der Waals surface area (Å²) in [6, 6.07) is 0. The fourth-order valence-corrected chi connectivity index (χ4v) is 0. The molecule has 0 aliphatic heterocycles. The van der Waals surface area contributed by atoms with Gasteiger partial charge in [-0.3, -0.25) is 0 Å². The van der Waals surface area contributed by atoms with Crippen LogP contribution >= 0.6 is 0 Å². The Bertz CT molecular complexity index is 36.2. The first-order valence-electron chi connectivity index (χ1n) is 0.654. The number of rotatable bonds is 0. The van der Waals surface area contributed by atoms with E-state index in [4.69, 9.17) is 11.2 Å². The topological polar surface area (TPSA) is 51.2 Å². The Hall–Kier alpha value is 0.517. The molecule has 0 spiro atoms. The van der Waals surface area contributed by atoms with Crippen molar-refractivity contribution < 1.29 is 27.3 Å². The molecule has 0 amide bonds. The van der Waals surface area contributed by atoms with Crippen molar-refractivity contribution in [2.45, 2.75) is 0 Å². The molecule has 0 fully saturated rings. The van der Waals surface area contributed by atoms with Crippen LogP contribution in [0.2, 0.25) is 0 Å². The molecule has 27 valence electrons. The first-order valence-corrected chi connectivity index (χ1v) is 2.37. The number of hydrogen-bond donors (Lipinski definition) is 0. The average Bonchev–Trinajstić information content (AvgIpc) is 1.46. The van der Waals surface area contributed by atoms with Crippen molar-refractivity contribution in [3.05, 3.63) is 0 Å². The Morgan fingerprint density at radius 1 is 1.20 bits per heavy atom. The van der Waals surface area contributed by atoms with Crippen LogP contribution < -0.4 is 0 Å². The van der Waals surface area contributed by atoms with Crippen molar-refractivity contribution in [1.29, 1.82) is 0 Å². The van der Waals surface area contributed by atoms with Gasteiger partial charge in [-0.05, 0) is 0 Å². The Kier molecular flexibility index (Phi) is 44.2. The van der Waals surface area contributed by atoms with Gasteiger partial charge >= 0.3 is 43.6 Å². The summed E-state index contributed by atoms with van der Waals surface area (Å²) in [7, 11) is 0. The Morgan fingerprint density at radius 3 is 1.20 bits per heavy atom. The van der Waals surface area contributed by atoms with Crippen LogP contribution in [-0.4, -0.2) is 16.2 Å². The monoisotopic (exact) mass is 127 g/mol. The fourth-order valence-electron chi connectivity index (χ4n) is 0.